The Kier molecular flexibility index (Phi) is 3.83. The molecule has 1 fully saturated rings. The summed E-state index contributed by atoms with van der Waals surface area (Å²) in [5.74, 6) is 0.309. The van der Waals surface area contributed by atoms with Crippen molar-refractivity contribution in [3.8, 4) is 5.88 Å². The fraction of sp³-hybridized carbons (Fsp3) is 0.643. The number of aromatic nitrogens is 2. The number of aryl methyl sites for hydroxylation is 1. The van der Waals surface area contributed by atoms with Gasteiger partial charge in [0.1, 0.15) is 0 Å². The minimum absolute atomic E-state index is 0.0417. The third-order valence-corrected chi connectivity index (χ3v) is 3.45. The van der Waals surface area contributed by atoms with Gasteiger partial charge in [0.05, 0.1) is 11.5 Å². The first-order valence-corrected chi connectivity index (χ1v) is 6.81. The van der Waals surface area contributed by atoms with Crippen molar-refractivity contribution in [3.63, 3.8) is 0 Å². The monoisotopic (exact) mass is 279 g/mol. The molecule has 1 N–H and O–H groups in total. The molecule has 1 aliphatic rings. The summed E-state index contributed by atoms with van der Waals surface area (Å²) >= 11 is 0. The predicted molar refractivity (Wildman–Crippen MR) is 75.1 cm³/mol. The summed E-state index contributed by atoms with van der Waals surface area (Å²) in [6.45, 7) is 8.59. The van der Waals surface area contributed by atoms with Crippen LogP contribution in [0.25, 0.3) is 0 Å². The second-order valence-corrected chi connectivity index (χ2v) is 5.85. The molecule has 0 bridgehead atoms. The van der Waals surface area contributed by atoms with Crippen LogP contribution in [0, 0.1) is 12.3 Å². The number of carboxylic acid groups (broad SMARTS) is 1. The van der Waals surface area contributed by atoms with Crippen LogP contribution >= 0.6 is 0 Å². The minimum Gasteiger partial charge on any atom is -0.481 e. The summed E-state index contributed by atoms with van der Waals surface area (Å²) in [5.41, 5.74) is 0.0844. The van der Waals surface area contributed by atoms with Crippen molar-refractivity contribution in [2.45, 2.75) is 40.2 Å². The van der Waals surface area contributed by atoms with E-state index in [0.29, 0.717) is 31.3 Å². The van der Waals surface area contributed by atoms with Gasteiger partial charge in [-0.1, -0.05) is 0 Å². The SMILES string of the molecule is Cc1cc(OC(C)C)nc(N2CCC(C)(C(=O)O)C2)n1. The first-order valence-electron chi connectivity index (χ1n) is 6.81. The first kappa shape index (κ1) is 14.6. The van der Waals surface area contributed by atoms with E-state index < -0.39 is 11.4 Å². The van der Waals surface area contributed by atoms with Crippen molar-refractivity contribution in [2.24, 2.45) is 5.41 Å². The molecule has 1 unspecified atom stereocenters. The van der Waals surface area contributed by atoms with Crippen molar-refractivity contribution in [3.05, 3.63) is 11.8 Å². The lowest BCUT2D eigenvalue weighted by Gasteiger charge is -2.21. The van der Waals surface area contributed by atoms with Crippen LogP contribution in [0.2, 0.25) is 0 Å². The second-order valence-electron chi connectivity index (χ2n) is 5.85. The van der Waals surface area contributed by atoms with Gasteiger partial charge in [0, 0.05) is 24.8 Å². The third-order valence-electron chi connectivity index (χ3n) is 3.45. The minimum atomic E-state index is -0.772. The Morgan fingerprint density at radius 3 is 2.75 bits per heavy atom. The number of aliphatic carboxylic acids is 1. The lowest BCUT2D eigenvalue weighted by atomic mass is 9.90. The fourth-order valence-electron chi connectivity index (χ4n) is 2.27. The van der Waals surface area contributed by atoms with Gasteiger partial charge < -0.3 is 14.7 Å². The van der Waals surface area contributed by atoms with Crippen LogP contribution in [0.3, 0.4) is 0 Å². The predicted octanol–water partition coefficient (Wildman–Crippen LogP) is 1.87. The lowest BCUT2D eigenvalue weighted by Crippen LogP contribution is -2.32. The molecule has 0 spiro atoms. The van der Waals surface area contributed by atoms with Crippen molar-refractivity contribution in [2.75, 3.05) is 18.0 Å². The van der Waals surface area contributed by atoms with E-state index >= 15 is 0 Å². The van der Waals surface area contributed by atoms with E-state index in [4.69, 9.17) is 4.74 Å². The van der Waals surface area contributed by atoms with E-state index in [0.717, 1.165) is 5.69 Å². The number of anilines is 1. The second kappa shape index (κ2) is 5.26. The van der Waals surface area contributed by atoms with E-state index in [9.17, 15) is 9.90 Å². The fourth-order valence-corrected chi connectivity index (χ4v) is 2.27. The van der Waals surface area contributed by atoms with E-state index in [1.54, 1.807) is 13.0 Å². The average Bonchev–Trinajstić information content (AvgIpc) is 2.71. The van der Waals surface area contributed by atoms with E-state index in [2.05, 4.69) is 9.97 Å². The summed E-state index contributed by atoms with van der Waals surface area (Å²) in [5, 5.41) is 9.27. The van der Waals surface area contributed by atoms with Gasteiger partial charge in [-0.25, -0.2) is 4.98 Å². The van der Waals surface area contributed by atoms with Gasteiger partial charge >= 0.3 is 5.97 Å². The maximum atomic E-state index is 11.3. The number of carbonyl (C=O) groups is 1. The zero-order chi connectivity index (χ0) is 14.9. The molecule has 0 aromatic carbocycles. The molecule has 1 aliphatic heterocycles. The highest BCUT2D eigenvalue weighted by atomic mass is 16.5. The zero-order valence-corrected chi connectivity index (χ0v) is 12.4. The number of hydrogen-bond acceptors (Lipinski definition) is 5. The Balaban J connectivity index is 2.21. The maximum absolute atomic E-state index is 11.3. The first-order chi connectivity index (χ1) is 9.30. The highest BCUT2D eigenvalue weighted by molar-refractivity contribution is 5.76. The van der Waals surface area contributed by atoms with Crippen molar-refractivity contribution in [1.29, 1.82) is 0 Å². The molecule has 6 nitrogen and oxygen atoms in total. The molecule has 0 radical (unpaired) electrons. The average molecular weight is 279 g/mol. The van der Waals surface area contributed by atoms with Gasteiger partial charge in [0.15, 0.2) is 0 Å². The van der Waals surface area contributed by atoms with E-state index in [1.807, 2.05) is 25.7 Å². The van der Waals surface area contributed by atoms with Gasteiger partial charge in [-0.15, -0.1) is 0 Å². The molecule has 0 saturated carbocycles. The highest BCUT2D eigenvalue weighted by Gasteiger charge is 2.41. The Labute approximate surface area is 118 Å². The molecule has 6 heteroatoms. The summed E-state index contributed by atoms with van der Waals surface area (Å²) in [6, 6.07) is 1.79. The van der Waals surface area contributed by atoms with Crippen LogP contribution in [0.5, 0.6) is 5.88 Å². The summed E-state index contributed by atoms with van der Waals surface area (Å²) < 4.78 is 5.60. The lowest BCUT2D eigenvalue weighted by molar-refractivity contribution is -0.146. The maximum Gasteiger partial charge on any atom is 0.311 e. The number of hydrogen-bond donors (Lipinski definition) is 1. The molecule has 2 rings (SSSR count). The Morgan fingerprint density at radius 2 is 2.20 bits per heavy atom. The van der Waals surface area contributed by atoms with E-state index in [-0.39, 0.29) is 6.10 Å². The van der Waals surface area contributed by atoms with Crippen LogP contribution in [-0.2, 0) is 4.79 Å². The summed E-state index contributed by atoms with van der Waals surface area (Å²) in [7, 11) is 0. The van der Waals surface area contributed by atoms with Crippen LogP contribution < -0.4 is 9.64 Å². The molecule has 1 aromatic rings. The van der Waals surface area contributed by atoms with Crippen molar-refractivity contribution >= 4 is 11.9 Å². The molecular formula is C14H21N3O3. The number of rotatable bonds is 4. The molecule has 1 saturated heterocycles. The van der Waals surface area contributed by atoms with Crippen LogP contribution in [0.1, 0.15) is 32.9 Å². The molecule has 1 atom stereocenters. The summed E-state index contributed by atoms with van der Waals surface area (Å²) in [6.07, 6.45) is 0.639. The molecule has 0 aliphatic carbocycles. The Bertz CT molecular complexity index is 518. The summed E-state index contributed by atoms with van der Waals surface area (Å²) in [4.78, 5) is 22.0. The van der Waals surface area contributed by atoms with Gasteiger partial charge in [0.25, 0.3) is 0 Å². The number of nitrogens with zero attached hydrogens (tertiary/aromatic N) is 3. The normalized spacial score (nSPS) is 22.4. The Morgan fingerprint density at radius 1 is 1.50 bits per heavy atom. The molecule has 0 amide bonds. The molecule has 20 heavy (non-hydrogen) atoms. The molecule has 2 heterocycles. The van der Waals surface area contributed by atoms with Gasteiger partial charge in [0.2, 0.25) is 11.8 Å². The van der Waals surface area contributed by atoms with Crippen LogP contribution in [-0.4, -0.2) is 40.2 Å². The van der Waals surface area contributed by atoms with Crippen LogP contribution in [0.4, 0.5) is 5.95 Å². The van der Waals surface area contributed by atoms with E-state index in [1.165, 1.54) is 0 Å². The quantitative estimate of drug-likeness (QED) is 0.907. The van der Waals surface area contributed by atoms with Crippen LogP contribution in [0.15, 0.2) is 6.07 Å². The van der Waals surface area contributed by atoms with Crippen molar-refractivity contribution in [1.82, 2.24) is 9.97 Å². The zero-order valence-electron chi connectivity index (χ0n) is 12.4. The smallest absolute Gasteiger partial charge is 0.311 e. The third kappa shape index (κ3) is 3.00. The molecule has 1 aromatic heterocycles. The standard InChI is InChI=1S/C14H21N3O3/c1-9(2)20-11-7-10(3)15-13(16-11)17-6-5-14(4,8-17)12(18)19/h7,9H,5-6,8H2,1-4H3,(H,18,19). The van der Waals surface area contributed by atoms with Gasteiger partial charge in [-0.2, -0.15) is 4.98 Å². The topological polar surface area (TPSA) is 75.5 Å². The largest absolute Gasteiger partial charge is 0.481 e. The number of carboxylic acids is 1. The van der Waals surface area contributed by atoms with Gasteiger partial charge in [-0.3, -0.25) is 4.79 Å². The molecular weight excluding hydrogens is 258 g/mol. The Hall–Kier alpha value is -1.85. The molecule has 110 valence electrons. The van der Waals surface area contributed by atoms with Gasteiger partial charge in [-0.05, 0) is 34.1 Å². The highest BCUT2D eigenvalue weighted by Crippen LogP contribution is 2.32. The number of ether oxygens (including phenoxy) is 1. The van der Waals surface area contributed by atoms with Crippen molar-refractivity contribution < 1.29 is 14.6 Å².